The van der Waals surface area contributed by atoms with E-state index in [1.54, 1.807) is 19.1 Å². The lowest BCUT2D eigenvalue weighted by molar-refractivity contribution is -0.115. The van der Waals surface area contributed by atoms with Crippen molar-refractivity contribution in [3.8, 4) is 5.69 Å². The molecule has 31 heavy (non-hydrogen) atoms. The first-order chi connectivity index (χ1) is 14.8. The van der Waals surface area contributed by atoms with Crippen molar-refractivity contribution < 1.29 is 17.6 Å². The summed E-state index contributed by atoms with van der Waals surface area (Å²) < 4.78 is 42.7. The van der Waals surface area contributed by atoms with Gasteiger partial charge in [0.2, 0.25) is 5.91 Å². The largest absolute Gasteiger partial charge is 0.326 e. The van der Waals surface area contributed by atoms with Crippen molar-refractivity contribution in [1.82, 2.24) is 24.5 Å². The van der Waals surface area contributed by atoms with E-state index in [0.717, 1.165) is 30.6 Å². The number of nitrogens with zero attached hydrogens (tertiary/aromatic N) is 5. The number of nitrogens with one attached hydrogen (secondary N) is 1. The summed E-state index contributed by atoms with van der Waals surface area (Å²) in [6.45, 7) is 2.70. The van der Waals surface area contributed by atoms with Crippen LogP contribution < -0.4 is 5.32 Å². The number of aromatic nitrogens is 4. The molecule has 0 atom stereocenters. The molecule has 1 aliphatic heterocycles. The number of aryl methyl sites for hydroxylation is 1. The van der Waals surface area contributed by atoms with Crippen LogP contribution in [0.1, 0.15) is 30.0 Å². The summed E-state index contributed by atoms with van der Waals surface area (Å²) in [7, 11) is -3.52. The molecule has 3 aromatic rings. The number of rotatable bonds is 6. The van der Waals surface area contributed by atoms with Crippen molar-refractivity contribution in [2.24, 2.45) is 0 Å². The van der Waals surface area contributed by atoms with E-state index < -0.39 is 15.8 Å². The van der Waals surface area contributed by atoms with Gasteiger partial charge in [0.1, 0.15) is 15.7 Å². The van der Waals surface area contributed by atoms with E-state index in [9.17, 15) is 17.6 Å². The van der Waals surface area contributed by atoms with Gasteiger partial charge in [0, 0.05) is 23.7 Å². The second-order valence-electron chi connectivity index (χ2n) is 7.21. The lowest BCUT2D eigenvalue weighted by atomic mass is 10.2. The molecule has 2 aromatic heterocycles. The molecule has 1 N–H and O–H groups in total. The Morgan fingerprint density at radius 1 is 1.19 bits per heavy atom. The number of piperidine rings is 1. The van der Waals surface area contributed by atoms with Crippen molar-refractivity contribution in [2.75, 3.05) is 18.4 Å². The molecule has 0 saturated carbocycles. The zero-order valence-corrected chi connectivity index (χ0v) is 18.4. The smallest absolute Gasteiger partial charge is 0.252 e. The highest BCUT2D eigenvalue weighted by atomic mass is 32.2. The fourth-order valence-corrected chi connectivity index (χ4v) is 6.42. The minimum absolute atomic E-state index is 0.0107. The summed E-state index contributed by atoms with van der Waals surface area (Å²) >= 11 is 1.10. The van der Waals surface area contributed by atoms with Gasteiger partial charge in [-0.1, -0.05) is 6.42 Å². The molecule has 164 valence electrons. The summed E-state index contributed by atoms with van der Waals surface area (Å²) in [6.07, 6.45) is 2.78. The lowest BCUT2D eigenvalue weighted by Gasteiger charge is -2.25. The number of amides is 1. The third-order valence-corrected chi connectivity index (χ3v) is 8.42. The topological polar surface area (TPSA) is 110 Å². The first-order valence-electron chi connectivity index (χ1n) is 9.78. The Bertz CT molecular complexity index is 1200. The van der Waals surface area contributed by atoms with E-state index in [1.165, 1.54) is 27.2 Å². The Morgan fingerprint density at radius 3 is 2.68 bits per heavy atom. The molecule has 0 aliphatic carbocycles. The number of tetrazole rings is 1. The molecular weight excluding hydrogens is 443 g/mol. The molecule has 4 rings (SSSR count). The number of thiophene rings is 1. The number of anilines is 1. The van der Waals surface area contributed by atoms with Crippen LogP contribution in [0.15, 0.2) is 34.5 Å². The average Bonchev–Trinajstić information content (AvgIpc) is 3.39. The van der Waals surface area contributed by atoms with Crippen LogP contribution >= 0.6 is 11.3 Å². The Labute approximate surface area is 182 Å². The Hall–Kier alpha value is -2.70. The highest BCUT2D eigenvalue weighted by Gasteiger charge is 2.27. The summed E-state index contributed by atoms with van der Waals surface area (Å²) in [5.74, 6) is -0.461. The number of sulfonamides is 1. The fourth-order valence-electron chi connectivity index (χ4n) is 3.39. The molecule has 1 aromatic carbocycles. The maximum absolute atomic E-state index is 14.2. The molecule has 1 aliphatic rings. The van der Waals surface area contributed by atoms with Gasteiger partial charge in [-0.15, -0.1) is 16.4 Å². The van der Waals surface area contributed by atoms with Gasteiger partial charge >= 0.3 is 0 Å². The van der Waals surface area contributed by atoms with Crippen LogP contribution in [0.5, 0.6) is 0 Å². The Balaban J connectivity index is 1.45. The third kappa shape index (κ3) is 4.65. The number of benzene rings is 1. The molecule has 1 saturated heterocycles. The number of hydrogen-bond acceptors (Lipinski definition) is 7. The number of halogens is 1. The van der Waals surface area contributed by atoms with Crippen LogP contribution in [0, 0.1) is 12.7 Å². The van der Waals surface area contributed by atoms with E-state index in [4.69, 9.17) is 0 Å². The SMILES string of the molecule is Cc1nnnn1-c1cc(NC(=O)Cc2ccc(S(=O)(=O)N3CCCCC3)s2)ccc1F. The zero-order chi connectivity index (χ0) is 22.0. The predicted molar refractivity (Wildman–Crippen MR) is 113 cm³/mol. The second-order valence-corrected chi connectivity index (χ2v) is 10.5. The Kier molecular flexibility index (Phi) is 6.12. The van der Waals surface area contributed by atoms with E-state index >= 15 is 0 Å². The van der Waals surface area contributed by atoms with Gasteiger partial charge in [-0.25, -0.2) is 12.8 Å². The van der Waals surface area contributed by atoms with E-state index in [-0.39, 0.29) is 22.2 Å². The normalized spacial score (nSPS) is 15.2. The van der Waals surface area contributed by atoms with Gasteiger partial charge in [-0.05, 0) is 60.5 Å². The first kappa shape index (κ1) is 21.5. The maximum atomic E-state index is 14.2. The molecule has 1 fully saturated rings. The molecule has 0 unspecified atom stereocenters. The molecule has 9 nitrogen and oxygen atoms in total. The highest BCUT2D eigenvalue weighted by molar-refractivity contribution is 7.91. The predicted octanol–water partition coefficient (Wildman–Crippen LogP) is 2.53. The van der Waals surface area contributed by atoms with Gasteiger partial charge in [0.05, 0.1) is 6.42 Å². The summed E-state index contributed by atoms with van der Waals surface area (Å²) in [5, 5.41) is 13.7. The van der Waals surface area contributed by atoms with E-state index in [2.05, 4.69) is 20.8 Å². The number of carbonyl (C=O) groups excluding carboxylic acids is 1. The Morgan fingerprint density at radius 2 is 1.97 bits per heavy atom. The second kappa shape index (κ2) is 8.81. The zero-order valence-electron chi connectivity index (χ0n) is 16.8. The minimum Gasteiger partial charge on any atom is -0.326 e. The molecule has 12 heteroatoms. The molecule has 0 radical (unpaired) electrons. The average molecular weight is 465 g/mol. The van der Waals surface area contributed by atoms with Crippen LogP contribution in [0.2, 0.25) is 0 Å². The fraction of sp³-hybridized carbons (Fsp3) is 0.368. The first-order valence-corrected chi connectivity index (χ1v) is 12.0. The lowest BCUT2D eigenvalue weighted by Crippen LogP contribution is -2.35. The van der Waals surface area contributed by atoms with E-state index in [1.807, 2.05) is 0 Å². The van der Waals surface area contributed by atoms with Crippen LogP contribution in [0.25, 0.3) is 5.69 Å². The van der Waals surface area contributed by atoms with Crippen molar-refractivity contribution in [1.29, 1.82) is 0 Å². The number of hydrogen-bond donors (Lipinski definition) is 1. The molecule has 0 bridgehead atoms. The quantitative estimate of drug-likeness (QED) is 0.600. The van der Waals surface area contributed by atoms with Crippen molar-refractivity contribution in [3.05, 3.63) is 46.9 Å². The van der Waals surface area contributed by atoms with Gasteiger partial charge in [-0.3, -0.25) is 4.79 Å². The van der Waals surface area contributed by atoms with Gasteiger partial charge in [-0.2, -0.15) is 8.99 Å². The molecular formula is C19H21FN6O3S2. The summed E-state index contributed by atoms with van der Waals surface area (Å²) in [5.41, 5.74) is 0.500. The van der Waals surface area contributed by atoms with Crippen LogP contribution in [0.3, 0.4) is 0 Å². The van der Waals surface area contributed by atoms with Crippen LogP contribution in [-0.2, 0) is 21.2 Å². The van der Waals surface area contributed by atoms with Crippen molar-refractivity contribution >= 4 is 33.0 Å². The summed E-state index contributed by atoms with van der Waals surface area (Å²) in [6, 6.07) is 7.31. The van der Waals surface area contributed by atoms with Crippen molar-refractivity contribution in [2.45, 2.75) is 36.8 Å². The molecule has 3 heterocycles. The standard InChI is InChI=1S/C19H21FN6O3S2/c1-13-22-23-24-26(13)17-11-14(5-7-16(17)20)21-18(27)12-15-6-8-19(30-15)31(28,29)25-9-3-2-4-10-25/h5-8,11H,2-4,9-10,12H2,1H3,(H,21,27). The summed E-state index contributed by atoms with van der Waals surface area (Å²) in [4.78, 5) is 13.1. The molecule has 1 amide bonds. The van der Waals surface area contributed by atoms with Gasteiger partial charge in [0.15, 0.2) is 5.82 Å². The highest BCUT2D eigenvalue weighted by Crippen LogP contribution is 2.27. The van der Waals surface area contributed by atoms with Crippen molar-refractivity contribution in [3.63, 3.8) is 0 Å². The van der Waals surface area contributed by atoms with E-state index in [0.29, 0.717) is 29.5 Å². The third-order valence-electron chi connectivity index (χ3n) is 4.96. The van der Waals surface area contributed by atoms with Gasteiger partial charge < -0.3 is 5.32 Å². The maximum Gasteiger partial charge on any atom is 0.252 e. The van der Waals surface area contributed by atoms with Gasteiger partial charge in [0.25, 0.3) is 10.0 Å². The van der Waals surface area contributed by atoms with Crippen LogP contribution in [-0.4, -0.2) is 51.9 Å². The van der Waals surface area contributed by atoms with Crippen LogP contribution in [0.4, 0.5) is 10.1 Å². The monoisotopic (exact) mass is 464 g/mol. The molecule has 0 spiro atoms. The number of carbonyl (C=O) groups is 1. The minimum atomic E-state index is -3.52.